The van der Waals surface area contributed by atoms with Crippen LogP contribution in [0.25, 0.3) is 0 Å². The summed E-state index contributed by atoms with van der Waals surface area (Å²) in [5, 5.41) is 7.90. The van der Waals surface area contributed by atoms with E-state index in [-0.39, 0.29) is 5.84 Å². The standard InChI is InChI=1S/C15H14BrClN2O2/c1-20-11-4-5-14(12(16)7-11)21-8-10-3-2-9(15(18)19)6-13(10)17/h2-7H,8H2,1H3,(H3,18,19). The molecule has 6 heteroatoms. The maximum absolute atomic E-state index is 7.38. The van der Waals surface area contributed by atoms with Crippen molar-refractivity contribution >= 4 is 33.4 Å². The third kappa shape index (κ3) is 3.89. The number of ether oxygens (including phenoxy) is 2. The lowest BCUT2D eigenvalue weighted by molar-refractivity contribution is 0.303. The Labute approximate surface area is 136 Å². The molecule has 0 radical (unpaired) electrons. The number of benzene rings is 2. The number of rotatable bonds is 5. The summed E-state index contributed by atoms with van der Waals surface area (Å²) in [4.78, 5) is 0. The molecule has 2 rings (SSSR count). The third-order valence-electron chi connectivity index (χ3n) is 2.89. The molecule has 0 aliphatic rings. The molecule has 0 atom stereocenters. The van der Waals surface area contributed by atoms with Gasteiger partial charge in [-0.25, -0.2) is 0 Å². The van der Waals surface area contributed by atoms with E-state index in [1.807, 2.05) is 18.2 Å². The summed E-state index contributed by atoms with van der Waals surface area (Å²) >= 11 is 9.59. The van der Waals surface area contributed by atoms with Gasteiger partial charge in [-0.3, -0.25) is 5.41 Å². The summed E-state index contributed by atoms with van der Waals surface area (Å²) in [6.45, 7) is 0.321. The molecule has 0 spiro atoms. The summed E-state index contributed by atoms with van der Waals surface area (Å²) < 4.78 is 11.7. The Bertz CT molecular complexity index is 677. The zero-order chi connectivity index (χ0) is 15.4. The van der Waals surface area contributed by atoms with E-state index in [1.54, 1.807) is 25.3 Å². The minimum Gasteiger partial charge on any atom is -0.497 e. The number of nitrogen functional groups attached to an aromatic ring is 1. The summed E-state index contributed by atoms with van der Waals surface area (Å²) in [7, 11) is 1.61. The molecule has 0 heterocycles. The zero-order valence-corrected chi connectivity index (χ0v) is 13.7. The number of halogens is 2. The number of nitrogens with one attached hydrogen (secondary N) is 1. The molecule has 110 valence electrons. The molecular formula is C15H14BrClN2O2. The number of hydrogen-bond acceptors (Lipinski definition) is 3. The number of nitrogens with two attached hydrogens (primary N) is 1. The lowest BCUT2D eigenvalue weighted by Crippen LogP contribution is -2.11. The average Bonchev–Trinajstić information content (AvgIpc) is 2.46. The average molecular weight is 370 g/mol. The Balaban J connectivity index is 2.11. The zero-order valence-electron chi connectivity index (χ0n) is 11.3. The van der Waals surface area contributed by atoms with Gasteiger partial charge in [-0.15, -0.1) is 0 Å². The Morgan fingerprint density at radius 2 is 2.05 bits per heavy atom. The van der Waals surface area contributed by atoms with Crippen molar-refractivity contribution in [3.63, 3.8) is 0 Å². The van der Waals surface area contributed by atoms with Gasteiger partial charge in [-0.1, -0.05) is 23.7 Å². The van der Waals surface area contributed by atoms with Crippen molar-refractivity contribution in [2.75, 3.05) is 7.11 Å². The van der Waals surface area contributed by atoms with Crippen LogP contribution in [0.2, 0.25) is 5.02 Å². The summed E-state index contributed by atoms with van der Waals surface area (Å²) in [6, 6.07) is 10.7. The van der Waals surface area contributed by atoms with Crippen molar-refractivity contribution < 1.29 is 9.47 Å². The Hall–Kier alpha value is -1.72. The van der Waals surface area contributed by atoms with Crippen LogP contribution in [0.3, 0.4) is 0 Å². The van der Waals surface area contributed by atoms with Gasteiger partial charge in [0, 0.05) is 16.1 Å². The largest absolute Gasteiger partial charge is 0.497 e. The number of methoxy groups -OCH3 is 1. The van der Waals surface area contributed by atoms with E-state index in [0.29, 0.717) is 22.9 Å². The summed E-state index contributed by atoms with van der Waals surface area (Å²) in [5.74, 6) is 1.43. The smallest absolute Gasteiger partial charge is 0.134 e. The first-order valence-corrected chi connectivity index (χ1v) is 7.27. The Morgan fingerprint density at radius 1 is 1.29 bits per heavy atom. The van der Waals surface area contributed by atoms with Gasteiger partial charge in [-0.2, -0.15) is 0 Å². The van der Waals surface area contributed by atoms with Crippen molar-refractivity contribution in [3.8, 4) is 11.5 Å². The van der Waals surface area contributed by atoms with Crippen molar-refractivity contribution in [1.82, 2.24) is 0 Å². The van der Waals surface area contributed by atoms with Crippen LogP contribution < -0.4 is 15.2 Å². The predicted octanol–water partition coefficient (Wildman–Crippen LogP) is 3.97. The molecule has 0 aliphatic heterocycles. The highest BCUT2D eigenvalue weighted by molar-refractivity contribution is 9.10. The van der Waals surface area contributed by atoms with Crippen molar-refractivity contribution in [3.05, 3.63) is 57.0 Å². The monoisotopic (exact) mass is 368 g/mol. The van der Waals surface area contributed by atoms with Gasteiger partial charge in [0.2, 0.25) is 0 Å². The molecule has 0 fully saturated rings. The fraction of sp³-hybridized carbons (Fsp3) is 0.133. The van der Waals surface area contributed by atoms with Crippen LogP contribution >= 0.6 is 27.5 Å². The third-order valence-corrected chi connectivity index (χ3v) is 3.86. The molecule has 21 heavy (non-hydrogen) atoms. The molecule has 2 aromatic rings. The summed E-state index contributed by atoms with van der Waals surface area (Å²) in [5.41, 5.74) is 6.84. The second kappa shape index (κ2) is 6.83. The molecule has 0 saturated carbocycles. The van der Waals surface area contributed by atoms with Crippen LogP contribution in [0.4, 0.5) is 0 Å². The molecule has 4 nitrogen and oxygen atoms in total. The normalized spacial score (nSPS) is 10.2. The fourth-order valence-corrected chi connectivity index (χ4v) is 2.42. The molecular weight excluding hydrogens is 356 g/mol. The minimum absolute atomic E-state index is 0.0118. The van der Waals surface area contributed by atoms with Gasteiger partial charge < -0.3 is 15.2 Å². The first-order chi connectivity index (χ1) is 10.0. The molecule has 0 saturated heterocycles. The number of hydrogen-bond donors (Lipinski definition) is 2. The molecule has 0 aliphatic carbocycles. The lowest BCUT2D eigenvalue weighted by Gasteiger charge is -2.11. The van der Waals surface area contributed by atoms with Gasteiger partial charge in [0.1, 0.15) is 23.9 Å². The van der Waals surface area contributed by atoms with Crippen LogP contribution in [-0.2, 0) is 6.61 Å². The maximum atomic E-state index is 7.38. The first-order valence-electron chi connectivity index (χ1n) is 6.10. The highest BCUT2D eigenvalue weighted by Gasteiger charge is 2.07. The van der Waals surface area contributed by atoms with Crippen molar-refractivity contribution in [1.29, 1.82) is 5.41 Å². The van der Waals surface area contributed by atoms with E-state index >= 15 is 0 Å². The van der Waals surface area contributed by atoms with E-state index in [0.717, 1.165) is 15.8 Å². The Kier molecular flexibility index (Phi) is 5.09. The molecule has 2 aromatic carbocycles. The van der Waals surface area contributed by atoms with Crippen LogP contribution in [0.15, 0.2) is 40.9 Å². The van der Waals surface area contributed by atoms with Crippen LogP contribution in [-0.4, -0.2) is 12.9 Å². The van der Waals surface area contributed by atoms with E-state index in [9.17, 15) is 0 Å². The number of amidine groups is 1. The first kappa shape index (κ1) is 15.7. The van der Waals surface area contributed by atoms with Crippen LogP contribution in [0.5, 0.6) is 11.5 Å². The van der Waals surface area contributed by atoms with Gasteiger partial charge in [0.15, 0.2) is 0 Å². The SMILES string of the molecule is COc1ccc(OCc2ccc(C(=N)N)cc2Cl)c(Br)c1. The van der Waals surface area contributed by atoms with Crippen LogP contribution in [0.1, 0.15) is 11.1 Å². The fourth-order valence-electron chi connectivity index (χ4n) is 1.71. The molecule has 3 N–H and O–H groups in total. The van der Waals surface area contributed by atoms with Gasteiger partial charge in [0.25, 0.3) is 0 Å². The molecule has 0 unspecified atom stereocenters. The van der Waals surface area contributed by atoms with Crippen LogP contribution in [0, 0.1) is 5.41 Å². The van der Waals surface area contributed by atoms with Gasteiger partial charge >= 0.3 is 0 Å². The van der Waals surface area contributed by atoms with E-state index < -0.39 is 0 Å². The van der Waals surface area contributed by atoms with E-state index in [1.165, 1.54) is 0 Å². The van der Waals surface area contributed by atoms with Gasteiger partial charge in [0.05, 0.1) is 11.6 Å². The lowest BCUT2D eigenvalue weighted by atomic mass is 10.1. The highest BCUT2D eigenvalue weighted by atomic mass is 79.9. The van der Waals surface area contributed by atoms with E-state index in [2.05, 4.69) is 15.9 Å². The molecule has 0 bridgehead atoms. The maximum Gasteiger partial charge on any atom is 0.134 e. The summed E-state index contributed by atoms with van der Waals surface area (Å²) in [6.07, 6.45) is 0. The predicted molar refractivity (Wildman–Crippen MR) is 87.5 cm³/mol. The van der Waals surface area contributed by atoms with Gasteiger partial charge in [-0.05, 0) is 40.2 Å². The second-order valence-corrected chi connectivity index (χ2v) is 5.57. The molecule has 0 amide bonds. The quantitative estimate of drug-likeness (QED) is 0.619. The van der Waals surface area contributed by atoms with Crippen molar-refractivity contribution in [2.24, 2.45) is 5.73 Å². The topological polar surface area (TPSA) is 68.3 Å². The Morgan fingerprint density at radius 3 is 2.62 bits per heavy atom. The van der Waals surface area contributed by atoms with E-state index in [4.69, 9.17) is 32.2 Å². The highest BCUT2D eigenvalue weighted by Crippen LogP contribution is 2.30. The second-order valence-electron chi connectivity index (χ2n) is 4.30. The van der Waals surface area contributed by atoms with Crippen molar-refractivity contribution in [2.45, 2.75) is 6.61 Å². The molecule has 0 aromatic heterocycles. The minimum atomic E-state index is -0.0118.